The summed E-state index contributed by atoms with van der Waals surface area (Å²) in [7, 11) is 1.63. The molecule has 0 radical (unpaired) electrons. The summed E-state index contributed by atoms with van der Waals surface area (Å²) in [5.41, 5.74) is 6.66. The van der Waals surface area contributed by atoms with Crippen LogP contribution in [0.2, 0.25) is 0 Å². The van der Waals surface area contributed by atoms with Gasteiger partial charge in [-0.15, -0.1) is 10.2 Å². The van der Waals surface area contributed by atoms with E-state index in [9.17, 15) is 0 Å². The first-order valence-electron chi connectivity index (χ1n) is 7.47. The average molecular weight is 374 g/mol. The maximum Gasteiger partial charge on any atom is 0.300 e. The summed E-state index contributed by atoms with van der Waals surface area (Å²) >= 11 is 1.38. The Morgan fingerprint density at radius 1 is 1.35 bits per heavy atom. The van der Waals surface area contributed by atoms with Crippen molar-refractivity contribution in [3.8, 4) is 11.4 Å². The highest BCUT2D eigenvalue weighted by atomic mass is 32.2. The molecule has 3 aromatic rings. The van der Waals surface area contributed by atoms with Crippen molar-refractivity contribution in [1.29, 1.82) is 0 Å². The van der Waals surface area contributed by atoms with Gasteiger partial charge >= 0.3 is 0 Å². The predicted octanol–water partition coefficient (Wildman–Crippen LogP) is 1.77. The fraction of sp³-hybridized carbons (Fsp3) is 0.188. The first-order valence-corrected chi connectivity index (χ1v) is 8.29. The summed E-state index contributed by atoms with van der Waals surface area (Å²) in [5, 5.41) is 17.2. The lowest BCUT2D eigenvalue weighted by atomic mass is 10.3. The molecule has 9 nitrogen and oxygen atoms in total. The Morgan fingerprint density at radius 2 is 2.12 bits per heavy atom. The van der Waals surface area contributed by atoms with Crippen LogP contribution in [0, 0.1) is 0 Å². The van der Waals surface area contributed by atoms with Gasteiger partial charge in [0.15, 0.2) is 5.82 Å². The molecular formula is C16H18N6O3S. The van der Waals surface area contributed by atoms with Crippen LogP contribution in [-0.2, 0) is 11.3 Å². The highest BCUT2D eigenvalue weighted by Gasteiger charge is 2.15. The predicted molar refractivity (Wildman–Crippen MR) is 95.3 cm³/mol. The second kappa shape index (κ2) is 9.49. The summed E-state index contributed by atoms with van der Waals surface area (Å²) in [6.07, 6.45) is 4.94. The smallest absolute Gasteiger partial charge is 0.300 e. The molecule has 0 saturated carbocycles. The fourth-order valence-electron chi connectivity index (χ4n) is 1.94. The number of ether oxygens (including phenoxy) is 1. The number of nitrogens with zero attached hydrogens (tertiary/aromatic N) is 5. The van der Waals surface area contributed by atoms with Crippen molar-refractivity contribution in [1.82, 2.24) is 24.7 Å². The Hall–Kier alpha value is -2.98. The lowest BCUT2D eigenvalue weighted by Crippen LogP contribution is -2.07. The van der Waals surface area contributed by atoms with Crippen LogP contribution in [0.5, 0.6) is 5.75 Å². The summed E-state index contributed by atoms with van der Waals surface area (Å²) in [4.78, 5) is 17.3. The van der Waals surface area contributed by atoms with Gasteiger partial charge in [-0.05, 0) is 23.9 Å². The van der Waals surface area contributed by atoms with Crippen LogP contribution >= 0.6 is 11.8 Å². The van der Waals surface area contributed by atoms with Gasteiger partial charge < -0.3 is 15.6 Å². The van der Waals surface area contributed by atoms with Crippen molar-refractivity contribution in [3.05, 3.63) is 48.7 Å². The van der Waals surface area contributed by atoms with E-state index < -0.39 is 5.97 Å². The lowest BCUT2D eigenvalue weighted by Gasteiger charge is -2.10. The normalized spacial score (nSPS) is 9.96. The maximum atomic E-state index is 9.00. The van der Waals surface area contributed by atoms with Crippen LogP contribution < -0.4 is 10.5 Å². The summed E-state index contributed by atoms with van der Waals surface area (Å²) in [5.74, 6) is 0.587. The number of carboxylic acids is 1. The van der Waals surface area contributed by atoms with E-state index in [0.29, 0.717) is 11.0 Å². The third-order valence-corrected chi connectivity index (χ3v) is 3.80. The number of carbonyl (C=O) groups is 1. The van der Waals surface area contributed by atoms with E-state index in [1.165, 1.54) is 11.8 Å². The minimum Gasteiger partial charge on any atom is -0.497 e. The maximum absolute atomic E-state index is 9.00. The number of carboxylic acid groups (broad SMARTS) is 1. The Balaban J connectivity index is 0.000000552. The summed E-state index contributed by atoms with van der Waals surface area (Å²) in [6, 6.07) is 7.64. The molecule has 0 saturated heterocycles. The Kier molecular flexibility index (Phi) is 7.06. The van der Waals surface area contributed by atoms with Crippen LogP contribution in [-0.4, -0.2) is 42.9 Å². The molecule has 3 rings (SSSR count). The van der Waals surface area contributed by atoms with Crippen molar-refractivity contribution < 1.29 is 14.6 Å². The van der Waals surface area contributed by atoms with E-state index in [4.69, 9.17) is 20.4 Å². The van der Waals surface area contributed by atoms with E-state index in [1.54, 1.807) is 25.7 Å². The number of rotatable bonds is 5. The van der Waals surface area contributed by atoms with Gasteiger partial charge in [-0.3, -0.25) is 14.3 Å². The highest BCUT2D eigenvalue weighted by molar-refractivity contribution is 7.99. The molecule has 0 fully saturated rings. The zero-order chi connectivity index (χ0) is 18.9. The third-order valence-electron chi connectivity index (χ3n) is 2.93. The highest BCUT2D eigenvalue weighted by Crippen LogP contribution is 2.28. The molecule has 10 heteroatoms. The van der Waals surface area contributed by atoms with E-state index >= 15 is 0 Å². The number of nitrogens with two attached hydrogens (primary N) is 1. The van der Waals surface area contributed by atoms with Crippen molar-refractivity contribution >= 4 is 17.7 Å². The average Bonchev–Trinajstić information content (AvgIpc) is 3.05. The monoisotopic (exact) mass is 374 g/mol. The Bertz CT molecular complexity index is 852. The van der Waals surface area contributed by atoms with Crippen LogP contribution in [0.1, 0.15) is 12.7 Å². The molecule has 1 aromatic carbocycles. The molecule has 136 valence electrons. The molecular weight excluding hydrogens is 356 g/mol. The van der Waals surface area contributed by atoms with Gasteiger partial charge in [0, 0.05) is 25.4 Å². The lowest BCUT2D eigenvalue weighted by molar-refractivity contribution is -0.134. The van der Waals surface area contributed by atoms with Gasteiger partial charge in [0.25, 0.3) is 5.97 Å². The van der Waals surface area contributed by atoms with Crippen LogP contribution in [0.3, 0.4) is 0 Å². The van der Waals surface area contributed by atoms with E-state index in [2.05, 4.69) is 20.2 Å². The Labute approximate surface area is 154 Å². The van der Waals surface area contributed by atoms with Crippen molar-refractivity contribution in [2.45, 2.75) is 23.7 Å². The molecule has 26 heavy (non-hydrogen) atoms. The number of benzene rings is 1. The van der Waals surface area contributed by atoms with Crippen molar-refractivity contribution in [3.63, 3.8) is 0 Å². The topological polar surface area (TPSA) is 129 Å². The minimum atomic E-state index is -0.833. The van der Waals surface area contributed by atoms with Gasteiger partial charge in [-0.25, -0.2) is 4.98 Å². The van der Waals surface area contributed by atoms with Crippen LogP contribution in [0.15, 0.2) is 53.0 Å². The van der Waals surface area contributed by atoms with E-state index in [0.717, 1.165) is 23.4 Å². The number of aromatic nitrogens is 5. The zero-order valence-corrected chi connectivity index (χ0v) is 15.1. The molecule has 3 N–H and O–H groups in total. The number of hydrogen-bond donors (Lipinski definition) is 2. The molecule has 0 amide bonds. The first kappa shape index (κ1) is 19.3. The number of hydrogen-bond acceptors (Lipinski definition) is 8. The molecule has 0 aliphatic heterocycles. The number of methoxy groups -OCH3 is 1. The van der Waals surface area contributed by atoms with Crippen LogP contribution in [0.25, 0.3) is 5.69 Å². The quantitative estimate of drug-likeness (QED) is 0.686. The van der Waals surface area contributed by atoms with Crippen molar-refractivity contribution in [2.75, 3.05) is 7.11 Å². The molecule has 0 bridgehead atoms. The standard InChI is InChI=1S/C14H14N6OS.C2H4O2/c1-21-11-4-2-3-10(7-11)20-12(8-15)18-19-14(20)22-13-9-16-5-6-17-13;1-2(3)4/h2-7,9H,8,15H2,1H3;1H3,(H,3,4). The number of aliphatic carboxylic acids is 1. The molecule has 0 unspecified atom stereocenters. The third kappa shape index (κ3) is 5.26. The van der Waals surface area contributed by atoms with E-state index in [1.807, 2.05) is 28.8 Å². The molecule has 2 heterocycles. The molecule has 2 aromatic heterocycles. The fourth-order valence-corrected chi connectivity index (χ4v) is 2.74. The van der Waals surface area contributed by atoms with Gasteiger partial charge in [-0.1, -0.05) is 6.07 Å². The largest absolute Gasteiger partial charge is 0.497 e. The molecule has 0 aliphatic rings. The van der Waals surface area contributed by atoms with Crippen LogP contribution in [0.4, 0.5) is 0 Å². The SMILES string of the molecule is CC(=O)O.COc1cccc(-n2c(CN)nnc2Sc2cnccn2)c1. The second-order valence-electron chi connectivity index (χ2n) is 4.80. The molecule has 0 atom stereocenters. The molecule has 0 spiro atoms. The Morgan fingerprint density at radius 3 is 2.73 bits per heavy atom. The van der Waals surface area contributed by atoms with E-state index in [-0.39, 0.29) is 6.54 Å². The van der Waals surface area contributed by atoms with Gasteiger partial charge in [-0.2, -0.15) is 0 Å². The zero-order valence-electron chi connectivity index (χ0n) is 14.2. The van der Waals surface area contributed by atoms with Crippen molar-refractivity contribution in [2.24, 2.45) is 5.73 Å². The van der Waals surface area contributed by atoms with Gasteiger partial charge in [0.05, 0.1) is 25.5 Å². The summed E-state index contributed by atoms with van der Waals surface area (Å²) < 4.78 is 7.16. The minimum absolute atomic E-state index is 0.283. The summed E-state index contributed by atoms with van der Waals surface area (Å²) in [6.45, 7) is 1.37. The second-order valence-corrected chi connectivity index (χ2v) is 5.79. The van der Waals surface area contributed by atoms with Gasteiger partial charge in [0.1, 0.15) is 10.8 Å². The first-order chi connectivity index (χ1) is 12.5. The van der Waals surface area contributed by atoms with Gasteiger partial charge in [0.2, 0.25) is 5.16 Å². The molecule has 0 aliphatic carbocycles.